The van der Waals surface area contributed by atoms with Crippen LogP contribution in [0, 0.1) is 19.8 Å². The average molecular weight is 419 g/mol. The van der Waals surface area contributed by atoms with Gasteiger partial charge in [0, 0.05) is 29.8 Å². The molecule has 0 aliphatic carbocycles. The molecule has 1 atom stereocenters. The normalized spacial score (nSPS) is 11.9. The van der Waals surface area contributed by atoms with Crippen LogP contribution < -0.4 is 10.6 Å². The molecule has 0 aliphatic heterocycles. The molecule has 0 saturated heterocycles. The summed E-state index contributed by atoms with van der Waals surface area (Å²) in [7, 11) is 0. The predicted molar refractivity (Wildman–Crippen MR) is 122 cm³/mol. The Morgan fingerprint density at radius 3 is 2.39 bits per heavy atom. The third-order valence-corrected chi connectivity index (χ3v) is 5.26. The van der Waals surface area contributed by atoms with Crippen LogP contribution >= 0.6 is 0 Å². The number of carbonyl (C=O) groups excluding carboxylic acids is 2. The lowest BCUT2D eigenvalue weighted by Crippen LogP contribution is -2.27. The predicted octanol–water partition coefficient (Wildman–Crippen LogP) is 4.25. The van der Waals surface area contributed by atoms with Crippen LogP contribution in [0.3, 0.4) is 0 Å². The van der Waals surface area contributed by atoms with Gasteiger partial charge in [0.1, 0.15) is 0 Å². The highest BCUT2D eigenvalue weighted by atomic mass is 16.2. The molecule has 1 aromatic heterocycles. The van der Waals surface area contributed by atoms with Gasteiger partial charge in [0.05, 0.1) is 17.9 Å². The Hall–Kier alpha value is -3.41. The number of nitrogens with zero attached hydrogens (tertiary/aromatic N) is 2. The summed E-state index contributed by atoms with van der Waals surface area (Å²) in [5.74, 6) is -0.152. The minimum atomic E-state index is -0.114. The maximum absolute atomic E-state index is 12.7. The van der Waals surface area contributed by atoms with E-state index in [1.165, 1.54) is 11.1 Å². The SMILES string of the molecule is Cc1ccc([C@@H](C)NC(=O)c2ccc(-n3cc(CNC(=O)C(C)C)cn3)cc2)c(C)c1. The first-order chi connectivity index (χ1) is 14.7. The zero-order valence-electron chi connectivity index (χ0n) is 18.8. The summed E-state index contributed by atoms with van der Waals surface area (Å²) in [5, 5.41) is 10.3. The van der Waals surface area contributed by atoms with Crippen LogP contribution in [0.25, 0.3) is 5.69 Å². The van der Waals surface area contributed by atoms with E-state index in [1.54, 1.807) is 23.0 Å². The third kappa shape index (κ3) is 5.60. The van der Waals surface area contributed by atoms with Crippen LogP contribution in [0.5, 0.6) is 0 Å². The molecule has 6 nitrogen and oxygen atoms in total. The summed E-state index contributed by atoms with van der Waals surface area (Å²) in [6.45, 7) is 10.3. The summed E-state index contributed by atoms with van der Waals surface area (Å²) in [5.41, 5.74) is 5.85. The Kier molecular flexibility index (Phi) is 6.90. The molecule has 31 heavy (non-hydrogen) atoms. The highest BCUT2D eigenvalue weighted by molar-refractivity contribution is 5.94. The van der Waals surface area contributed by atoms with E-state index in [4.69, 9.17) is 0 Å². The van der Waals surface area contributed by atoms with Crippen molar-refractivity contribution >= 4 is 11.8 Å². The number of hydrogen-bond acceptors (Lipinski definition) is 3. The van der Waals surface area contributed by atoms with E-state index in [0.717, 1.165) is 16.8 Å². The van der Waals surface area contributed by atoms with E-state index in [1.807, 2.05) is 39.1 Å². The lowest BCUT2D eigenvalue weighted by Gasteiger charge is -2.17. The summed E-state index contributed by atoms with van der Waals surface area (Å²) < 4.78 is 1.73. The maximum atomic E-state index is 12.7. The van der Waals surface area contributed by atoms with Crippen molar-refractivity contribution in [3.8, 4) is 5.69 Å². The molecule has 6 heteroatoms. The smallest absolute Gasteiger partial charge is 0.251 e. The number of aryl methyl sites for hydroxylation is 2. The molecule has 3 aromatic rings. The second-order valence-electron chi connectivity index (χ2n) is 8.27. The number of benzene rings is 2. The summed E-state index contributed by atoms with van der Waals surface area (Å²) in [6, 6.07) is 13.5. The minimum absolute atomic E-state index is 0.0122. The van der Waals surface area contributed by atoms with E-state index in [2.05, 4.69) is 47.8 Å². The first-order valence-electron chi connectivity index (χ1n) is 10.5. The molecule has 1 heterocycles. The van der Waals surface area contributed by atoms with Crippen LogP contribution in [0.1, 0.15) is 59.4 Å². The fourth-order valence-electron chi connectivity index (χ4n) is 3.42. The minimum Gasteiger partial charge on any atom is -0.352 e. The molecule has 2 N–H and O–H groups in total. The number of amides is 2. The number of carbonyl (C=O) groups is 2. The van der Waals surface area contributed by atoms with Gasteiger partial charge >= 0.3 is 0 Å². The van der Waals surface area contributed by atoms with E-state index < -0.39 is 0 Å². The summed E-state index contributed by atoms with van der Waals surface area (Å²) in [4.78, 5) is 24.4. The molecular formula is C25H30N4O2. The molecule has 162 valence electrons. The van der Waals surface area contributed by atoms with Gasteiger partial charge in [0.2, 0.25) is 5.91 Å². The largest absolute Gasteiger partial charge is 0.352 e. The van der Waals surface area contributed by atoms with Crippen molar-refractivity contribution in [2.45, 2.75) is 47.2 Å². The topological polar surface area (TPSA) is 76.0 Å². The highest BCUT2D eigenvalue weighted by Gasteiger charge is 2.14. The van der Waals surface area contributed by atoms with Crippen molar-refractivity contribution in [2.75, 3.05) is 0 Å². The van der Waals surface area contributed by atoms with E-state index in [-0.39, 0.29) is 23.8 Å². The molecular weight excluding hydrogens is 388 g/mol. The lowest BCUT2D eigenvalue weighted by atomic mass is 10.00. The van der Waals surface area contributed by atoms with Gasteiger partial charge in [-0.25, -0.2) is 4.68 Å². The van der Waals surface area contributed by atoms with Gasteiger partial charge in [0.15, 0.2) is 0 Å². The van der Waals surface area contributed by atoms with Crippen molar-refractivity contribution in [3.63, 3.8) is 0 Å². The summed E-state index contributed by atoms with van der Waals surface area (Å²) in [6.07, 6.45) is 3.60. The average Bonchev–Trinajstić information content (AvgIpc) is 3.20. The molecule has 3 rings (SSSR count). The molecule has 0 unspecified atom stereocenters. The van der Waals surface area contributed by atoms with Crippen LogP contribution in [0.15, 0.2) is 54.9 Å². The van der Waals surface area contributed by atoms with Crippen LogP contribution in [0.2, 0.25) is 0 Å². The molecule has 0 saturated carbocycles. The molecule has 0 aliphatic rings. The Morgan fingerprint density at radius 1 is 1.03 bits per heavy atom. The van der Waals surface area contributed by atoms with Crippen LogP contribution in [-0.4, -0.2) is 21.6 Å². The van der Waals surface area contributed by atoms with Crippen LogP contribution in [-0.2, 0) is 11.3 Å². The van der Waals surface area contributed by atoms with Crippen LogP contribution in [0.4, 0.5) is 0 Å². The second-order valence-corrected chi connectivity index (χ2v) is 8.27. The molecule has 2 aromatic carbocycles. The van der Waals surface area contributed by atoms with E-state index in [0.29, 0.717) is 12.1 Å². The zero-order valence-corrected chi connectivity index (χ0v) is 18.8. The monoisotopic (exact) mass is 418 g/mol. The first kappa shape index (κ1) is 22.3. The molecule has 0 fully saturated rings. The third-order valence-electron chi connectivity index (χ3n) is 5.26. The van der Waals surface area contributed by atoms with E-state index >= 15 is 0 Å². The van der Waals surface area contributed by atoms with Crippen molar-refractivity contribution in [3.05, 3.63) is 82.7 Å². The standard InChI is InChI=1S/C25H30N4O2/c1-16(2)24(30)26-13-20-14-27-29(15-20)22-9-7-21(8-10-22)25(31)28-19(5)23-11-6-17(3)12-18(23)4/h6-12,14-16,19H,13H2,1-5H3,(H,26,30)(H,28,31)/t19-/m1/s1. The Balaban J connectivity index is 1.63. The van der Waals surface area contributed by atoms with E-state index in [9.17, 15) is 9.59 Å². The fraction of sp³-hybridized carbons (Fsp3) is 0.320. The summed E-state index contributed by atoms with van der Waals surface area (Å²) >= 11 is 0. The van der Waals surface area contributed by atoms with Gasteiger partial charge in [0.25, 0.3) is 5.91 Å². The number of rotatable bonds is 7. The van der Waals surface area contributed by atoms with Gasteiger partial charge in [-0.1, -0.05) is 37.6 Å². The van der Waals surface area contributed by atoms with Gasteiger partial charge in [-0.05, 0) is 56.2 Å². The molecule has 0 spiro atoms. The fourth-order valence-corrected chi connectivity index (χ4v) is 3.42. The van der Waals surface area contributed by atoms with Gasteiger partial charge in [-0.15, -0.1) is 0 Å². The van der Waals surface area contributed by atoms with Gasteiger partial charge < -0.3 is 10.6 Å². The number of aromatic nitrogens is 2. The maximum Gasteiger partial charge on any atom is 0.251 e. The van der Waals surface area contributed by atoms with Crippen molar-refractivity contribution in [2.24, 2.45) is 5.92 Å². The molecule has 0 bridgehead atoms. The molecule has 0 radical (unpaired) electrons. The Labute approximate surface area is 183 Å². The first-order valence-corrected chi connectivity index (χ1v) is 10.5. The van der Waals surface area contributed by atoms with Gasteiger partial charge in [-0.3, -0.25) is 9.59 Å². The quantitative estimate of drug-likeness (QED) is 0.602. The highest BCUT2D eigenvalue weighted by Crippen LogP contribution is 2.19. The van der Waals surface area contributed by atoms with Crippen molar-refractivity contribution in [1.29, 1.82) is 0 Å². The van der Waals surface area contributed by atoms with Crippen molar-refractivity contribution in [1.82, 2.24) is 20.4 Å². The molecule has 2 amide bonds. The lowest BCUT2D eigenvalue weighted by molar-refractivity contribution is -0.124. The van der Waals surface area contributed by atoms with Crippen molar-refractivity contribution < 1.29 is 9.59 Å². The Morgan fingerprint density at radius 2 is 1.74 bits per heavy atom. The Bertz CT molecular complexity index is 1070. The second kappa shape index (κ2) is 9.60. The number of nitrogens with one attached hydrogen (secondary N) is 2. The zero-order chi connectivity index (χ0) is 22.5. The number of hydrogen-bond donors (Lipinski definition) is 2. The van der Waals surface area contributed by atoms with Gasteiger partial charge in [-0.2, -0.15) is 5.10 Å².